The van der Waals surface area contributed by atoms with E-state index in [0.29, 0.717) is 10.8 Å². The zero-order valence-corrected chi connectivity index (χ0v) is 12.7. The molecule has 0 bridgehead atoms. The van der Waals surface area contributed by atoms with Crippen LogP contribution < -0.4 is 0 Å². The minimum Gasteiger partial charge on any atom is -0.0683 e. The van der Waals surface area contributed by atoms with Crippen molar-refractivity contribution in [2.75, 3.05) is 0 Å². The normalized spacial score (nSPS) is 33.2. The van der Waals surface area contributed by atoms with E-state index in [2.05, 4.69) is 34.6 Å². The highest BCUT2D eigenvalue weighted by atomic mass is 14.5. The summed E-state index contributed by atoms with van der Waals surface area (Å²) >= 11 is 0. The Morgan fingerprint density at radius 3 is 1.47 bits per heavy atom. The third-order valence-electron chi connectivity index (χ3n) is 3.91. The molecule has 1 rings (SSSR count). The lowest BCUT2D eigenvalue weighted by molar-refractivity contribution is -0.0500. The van der Waals surface area contributed by atoms with Crippen molar-refractivity contribution in [3.05, 3.63) is 0 Å². The van der Waals surface area contributed by atoms with Crippen LogP contribution in [0.5, 0.6) is 0 Å². The van der Waals surface area contributed by atoms with Crippen LogP contribution in [-0.4, -0.2) is 0 Å². The summed E-state index contributed by atoms with van der Waals surface area (Å²) in [6.07, 6.45) is 4.23. The Morgan fingerprint density at radius 2 is 1.27 bits per heavy atom. The van der Waals surface area contributed by atoms with E-state index in [1.807, 2.05) is 27.7 Å². The van der Waals surface area contributed by atoms with E-state index >= 15 is 0 Å². The van der Waals surface area contributed by atoms with Crippen molar-refractivity contribution in [1.82, 2.24) is 0 Å². The van der Waals surface area contributed by atoms with Crippen LogP contribution >= 0.6 is 0 Å². The largest absolute Gasteiger partial charge is 0.0683 e. The summed E-state index contributed by atoms with van der Waals surface area (Å²) in [5.74, 6) is 0.863. The fourth-order valence-corrected chi connectivity index (χ4v) is 2.56. The Morgan fingerprint density at radius 1 is 0.933 bits per heavy atom. The summed E-state index contributed by atoms with van der Waals surface area (Å²) in [4.78, 5) is 0. The lowest BCUT2D eigenvalue weighted by Crippen LogP contribution is -2.45. The van der Waals surface area contributed by atoms with Gasteiger partial charge in [0.2, 0.25) is 0 Å². The zero-order valence-electron chi connectivity index (χ0n) is 12.7. The minimum atomic E-state index is 0.658. The summed E-state index contributed by atoms with van der Waals surface area (Å²) in [7, 11) is 0. The van der Waals surface area contributed by atoms with Crippen LogP contribution in [0, 0.1) is 16.7 Å². The fourth-order valence-electron chi connectivity index (χ4n) is 2.56. The molecule has 0 aromatic heterocycles. The number of hydrogen-bond acceptors (Lipinski definition) is 0. The van der Waals surface area contributed by atoms with E-state index in [1.165, 1.54) is 19.3 Å². The van der Waals surface area contributed by atoms with Gasteiger partial charge in [-0.1, -0.05) is 68.7 Å². The van der Waals surface area contributed by atoms with Gasteiger partial charge < -0.3 is 0 Å². The second-order valence-corrected chi connectivity index (χ2v) is 5.33. The van der Waals surface area contributed by atoms with E-state index in [1.54, 1.807) is 0 Å². The summed E-state index contributed by atoms with van der Waals surface area (Å²) < 4.78 is 0. The molecule has 0 amide bonds. The van der Waals surface area contributed by atoms with Crippen molar-refractivity contribution in [3.63, 3.8) is 0 Å². The molecule has 0 aliphatic heterocycles. The smallest absolute Gasteiger partial charge is 0.0292 e. The van der Waals surface area contributed by atoms with Crippen molar-refractivity contribution in [2.24, 2.45) is 16.7 Å². The van der Waals surface area contributed by atoms with Gasteiger partial charge in [0.15, 0.2) is 0 Å². The second-order valence-electron chi connectivity index (χ2n) is 5.33. The first-order valence-electron chi connectivity index (χ1n) is 6.92. The predicted molar refractivity (Wildman–Crippen MR) is 73.3 cm³/mol. The van der Waals surface area contributed by atoms with Gasteiger partial charge in [-0.15, -0.1) is 0 Å². The highest BCUT2D eigenvalue weighted by Crippen LogP contribution is 2.59. The van der Waals surface area contributed by atoms with E-state index in [0.717, 1.165) is 5.92 Å². The van der Waals surface area contributed by atoms with Crippen molar-refractivity contribution in [2.45, 2.75) is 81.6 Å². The maximum Gasteiger partial charge on any atom is -0.0292 e. The zero-order chi connectivity index (χ0) is 12.7. The van der Waals surface area contributed by atoms with Crippen LogP contribution in [0.3, 0.4) is 0 Å². The molecule has 0 N–H and O–H groups in total. The lowest BCUT2D eigenvalue weighted by Gasteiger charge is -2.55. The van der Waals surface area contributed by atoms with Gasteiger partial charge in [0.1, 0.15) is 0 Å². The Balaban J connectivity index is 0. The first-order valence-corrected chi connectivity index (χ1v) is 6.92. The molecule has 1 aliphatic carbocycles. The third-order valence-corrected chi connectivity index (χ3v) is 3.91. The van der Waals surface area contributed by atoms with Crippen LogP contribution in [0.2, 0.25) is 0 Å². The Bertz CT molecular complexity index is 138. The molecule has 0 aromatic rings. The van der Waals surface area contributed by atoms with Gasteiger partial charge in [-0.3, -0.25) is 0 Å². The first kappa shape index (κ1) is 17.4. The molecule has 0 heteroatoms. The molecule has 1 fully saturated rings. The SMILES string of the molecule is CC.CC.CCC1(C)CC(C)(C(C)C)C1. The molecule has 94 valence electrons. The quantitative estimate of drug-likeness (QED) is 0.536. The number of rotatable bonds is 2. The molecule has 0 aromatic carbocycles. The molecule has 1 saturated carbocycles. The van der Waals surface area contributed by atoms with Crippen molar-refractivity contribution >= 4 is 0 Å². The van der Waals surface area contributed by atoms with Gasteiger partial charge in [0.05, 0.1) is 0 Å². The van der Waals surface area contributed by atoms with Gasteiger partial charge in [-0.05, 0) is 29.6 Å². The van der Waals surface area contributed by atoms with Crippen molar-refractivity contribution in [1.29, 1.82) is 0 Å². The Hall–Kier alpha value is 0. The highest BCUT2D eigenvalue weighted by Gasteiger charge is 2.48. The van der Waals surface area contributed by atoms with E-state index < -0.39 is 0 Å². The molecule has 0 spiro atoms. The summed E-state index contributed by atoms with van der Waals surface area (Å²) in [5, 5.41) is 0. The summed E-state index contributed by atoms with van der Waals surface area (Å²) in [5.41, 5.74) is 1.34. The van der Waals surface area contributed by atoms with Crippen LogP contribution in [0.4, 0.5) is 0 Å². The average Bonchev–Trinajstić information content (AvgIpc) is 2.21. The molecule has 0 unspecified atom stereocenters. The average molecular weight is 214 g/mol. The van der Waals surface area contributed by atoms with Crippen molar-refractivity contribution in [3.8, 4) is 0 Å². The van der Waals surface area contributed by atoms with Crippen LogP contribution in [-0.2, 0) is 0 Å². The monoisotopic (exact) mass is 214 g/mol. The maximum absolute atomic E-state index is 2.44. The molecule has 0 saturated heterocycles. The Labute approximate surface area is 98.9 Å². The second kappa shape index (κ2) is 7.30. The molecule has 0 nitrogen and oxygen atoms in total. The molecule has 1 aliphatic rings. The van der Waals surface area contributed by atoms with Gasteiger partial charge in [-0.25, -0.2) is 0 Å². The predicted octanol–water partition coefficient (Wildman–Crippen LogP) is 5.91. The molecule has 15 heavy (non-hydrogen) atoms. The minimum absolute atomic E-state index is 0.658. The summed E-state index contributed by atoms with van der Waals surface area (Å²) in [6, 6.07) is 0. The fraction of sp³-hybridized carbons (Fsp3) is 1.00. The third kappa shape index (κ3) is 4.57. The van der Waals surface area contributed by atoms with E-state index in [9.17, 15) is 0 Å². The molecule has 0 heterocycles. The molecule has 0 radical (unpaired) electrons. The topological polar surface area (TPSA) is 0 Å². The standard InChI is InChI=1S/C11H22.2C2H6/c1-6-10(4)7-11(5,8-10)9(2)3;2*1-2/h9H,6-8H2,1-5H3;2*1-2H3. The van der Waals surface area contributed by atoms with Crippen LogP contribution in [0.25, 0.3) is 0 Å². The molecular weight excluding hydrogens is 180 g/mol. The highest BCUT2D eigenvalue weighted by molar-refractivity contribution is 4.99. The van der Waals surface area contributed by atoms with Crippen molar-refractivity contribution < 1.29 is 0 Å². The van der Waals surface area contributed by atoms with Crippen LogP contribution in [0.1, 0.15) is 81.6 Å². The van der Waals surface area contributed by atoms with Gasteiger partial charge in [0, 0.05) is 0 Å². The lowest BCUT2D eigenvalue weighted by atomic mass is 9.50. The van der Waals surface area contributed by atoms with Crippen LogP contribution in [0.15, 0.2) is 0 Å². The number of hydrogen-bond donors (Lipinski definition) is 0. The van der Waals surface area contributed by atoms with Gasteiger partial charge >= 0.3 is 0 Å². The molecular formula is C15H34. The van der Waals surface area contributed by atoms with Gasteiger partial charge in [-0.2, -0.15) is 0 Å². The summed E-state index contributed by atoms with van der Waals surface area (Å²) in [6.45, 7) is 19.9. The first-order chi connectivity index (χ1) is 6.92. The van der Waals surface area contributed by atoms with E-state index in [4.69, 9.17) is 0 Å². The Kier molecular flexibility index (Phi) is 8.47. The maximum atomic E-state index is 2.44. The van der Waals surface area contributed by atoms with E-state index in [-0.39, 0.29) is 0 Å². The van der Waals surface area contributed by atoms with Gasteiger partial charge in [0.25, 0.3) is 0 Å². The molecule has 0 atom stereocenters.